The molecule has 0 saturated heterocycles. The van der Waals surface area contributed by atoms with Crippen LogP contribution in [0.5, 0.6) is 5.75 Å². The largest absolute Gasteiger partial charge is 0.508 e. The predicted octanol–water partition coefficient (Wildman–Crippen LogP) is 3.27. The van der Waals surface area contributed by atoms with Gasteiger partial charge in [0.1, 0.15) is 5.75 Å². The molecule has 0 radical (unpaired) electrons. The summed E-state index contributed by atoms with van der Waals surface area (Å²) in [5.41, 5.74) is 0.860. The minimum Gasteiger partial charge on any atom is -0.508 e. The SMILES string of the molecule is CCOC(OCC)C(c1cccc(O)c1)C(OCC)OCC. The van der Waals surface area contributed by atoms with Crippen molar-refractivity contribution < 1.29 is 24.1 Å². The average Bonchev–Trinajstić information content (AvgIpc) is 2.48. The first-order valence-corrected chi connectivity index (χ1v) is 7.93. The second-order valence-corrected chi connectivity index (χ2v) is 4.68. The maximum atomic E-state index is 9.78. The first-order chi connectivity index (χ1) is 10.7. The molecule has 5 heteroatoms. The monoisotopic (exact) mass is 312 g/mol. The fraction of sp³-hybridized carbons (Fsp3) is 0.647. The number of hydrogen-bond acceptors (Lipinski definition) is 5. The number of hydrogen-bond donors (Lipinski definition) is 1. The molecular formula is C17H28O5. The Morgan fingerprint density at radius 3 is 1.64 bits per heavy atom. The van der Waals surface area contributed by atoms with Crippen LogP contribution in [0.2, 0.25) is 0 Å². The first kappa shape index (κ1) is 18.9. The molecule has 0 fully saturated rings. The molecular weight excluding hydrogens is 284 g/mol. The fourth-order valence-electron chi connectivity index (χ4n) is 2.34. The van der Waals surface area contributed by atoms with E-state index in [1.807, 2.05) is 33.8 Å². The number of ether oxygens (including phenoxy) is 4. The summed E-state index contributed by atoms with van der Waals surface area (Å²) in [5, 5.41) is 9.78. The second kappa shape index (κ2) is 10.6. The number of benzene rings is 1. The zero-order chi connectivity index (χ0) is 16.4. The summed E-state index contributed by atoms with van der Waals surface area (Å²) < 4.78 is 23.0. The Morgan fingerprint density at radius 2 is 1.27 bits per heavy atom. The van der Waals surface area contributed by atoms with Crippen molar-refractivity contribution in [2.45, 2.75) is 46.2 Å². The van der Waals surface area contributed by atoms with E-state index in [1.54, 1.807) is 18.2 Å². The molecule has 0 atom stereocenters. The van der Waals surface area contributed by atoms with Gasteiger partial charge in [-0.2, -0.15) is 0 Å². The van der Waals surface area contributed by atoms with Gasteiger partial charge in [0.25, 0.3) is 0 Å². The summed E-state index contributed by atoms with van der Waals surface area (Å²) in [6.07, 6.45) is -1.00. The normalized spacial score (nSPS) is 11.8. The summed E-state index contributed by atoms with van der Waals surface area (Å²) in [6, 6.07) is 7.04. The number of phenolic OH excluding ortho intramolecular Hbond substituents is 1. The van der Waals surface area contributed by atoms with Crippen molar-refractivity contribution in [1.82, 2.24) is 0 Å². The summed E-state index contributed by atoms with van der Waals surface area (Å²) in [6.45, 7) is 9.75. The third-order valence-corrected chi connectivity index (χ3v) is 3.17. The van der Waals surface area contributed by atoms with Crippen molar-refractivity contribution in [3.63, 3.8) is 0 Å². The minimum absolute atomic E-state index is 0.195. The Labute approximate surface area is 133 Å². The van der Waals surface area contributed by atoms with Gasteiger partial charge in [-0.25, -0.2) is 0 Å². The molecule has 0 aromatic heterocycles. The molecule has 0 amide bonds. The lowest BCUT2D eigenvalue weighted by atomic mass is 9.97. The first-order valence-electron chi connectivity index (χ1n) is 7.93. The predicted molar refractivity (Wildman–Crippen MR) is 84.9 cm³/mol. The van der Waals surface area contributed by atoms with E-state index >= 15 is 0 Å². The fourth-order valence-corrected chi connectivity index (χ4v) is 2.34. The lowest BCUT2D eigenvalue weighted by molar-refractivity contribution is -0.223. The molecule has 126 valence electrons. The maximum Gasteiger partial charge on any atom is 0.169 e. The van der Waals surface area contributed by atoms with Crippen LogP contribution in [0, 0.1) is 0 Å². The van der Waals surface area contributed by atoms with Crippen molar-refractivity contribution in [2.75, 3.05) is 26.4 Å². The molecule has 0 aliphatic rings. The van der Waals surface area contributed by atoms with E-state index in [-0.39, 0.29) is 11.7 Å². The van der Waals surface area contributed by atoms with Gasteiger partial charge in [-0.15, -0.1) is 0 Å². The van der Waals surface area contributed by atoms with Crippen LogP contribution in [-0.2, 0) is 18.9 Å². The van der Waals surface area contributed by atoms with Gasteiger partial charge in [-0.05, 0) is 45.4 Å². The highest BCUT2D eigenvalue weighted by Gasteiger charge is 2.33. The van der Waals surface area contributed by atoms with Crippen LogP contribution in [0.4, 0.5) is 0 Å². The van der Waals surface area contributed by atoms with Crippen molar-refractivity contribution in [2.24, 2.45) is 0 Å². The van der Waals surface area contributed by atoms with Crippen LogP contribution < -0.4 is 0 Å². The van der Waals surface area contributed by atoms with E-state index in [9.17, 15) is 5.11 Å². The summed E-state index contributed by atoms with van der Waals surface area (Å²) in [5.74, 6) is -0.0899. The molecule has 5 nitrogen and oxygen atoms in total. The standard InChI is InChI=1S/C17H28O5/c1-5-19-16(20-6-2)15(17(21-7-3)22-8-4)13-10-9-11-14(18)12-13/h9-12,15-18H,5-8H2,1-4H3. The Balaban J connectivity index is 3.15. The van der Waals surface area contributed by atoms with Gasteiger partial charge < -0.3 is 24.1 Å². The van der Waals surface area contributed by atoms with Gasteiger partial charge in [0, 0.05) is 26.4 Å². The van der Waals surface area contributed by atoms with Gasteiger partial charge >= 0.3 is 0 Å². The van der Waals surface area contributed by atoms with Crippen molar-refractivity contribution in [3.8, 4) is 5.75 Å². The summed E-state index contributed by atoms with van der Waals surface area (Å²) in [4.78, 5) is 0. The van der Waals surface area contributed by atoms with E-state index in [4.69, 9.17) is 18.9 Å². The Hall–Kier alpha value is -1.14. The van der Waals surface area contributed by atoms with Gasteiger partial charge in [0.15, 0.2) is 12.6 Å². The molecule has 0 heterocycles. The van der Waals surface area contributed by atoms with Crippen LogP contribution in [0.3, 0.4) is 0 Å². The molecule has 0 spiro atoms. The number of rotatable bonds is 11. The van der Waals surface area contributed by atoms with Crippen LogP contribution in [0.15, 0.2) is 24.3 Å². The highest BCUT2D eigenvalue weighted by Crippen LogP contribution is 2.31. The molecule has 0 unspecified atom stereocenters. The van der Waals surface area contributed by atoms with Crippen molar-refractivity contribution >= 4 is 0 Å². The maximum absolute atomic E-state index is 9.78. The summed E-state index contributed by atoms with van der Waals surface area (Å²) >= 11 is 0. The Morgan fingerprint density at radius 1 is 0.818 bits per heavy atom. The number of phenols is 1. The summed E-state index contributed by atoms with van der Waals surface area (Å²) in [7, 11) is 0. The third kappa shape index (κ3) is 5.57. The zero-order valence-electron chi connectivity index (χ0n) is 14.0. The molecule has 0 aliphatic heterocycles. The van der Waals surface area contributed by atoms with Crippen LogP contribution in [0.1, 0.15) is 39.2 Å². The van der Waals surface area contributed by atoms with Crippen molar-refractivity contribution in [1.29, 1.82) is 0 Å². The van der Waals surface area contributed by atoms with E-state index in [1.165, 1.54) is 0 Å². The third-order valence-electron chi connectivity index (χ3n) is 3.17. The Bertz CT molecular complexity index is 382. The minimum atomic E-state index is -0.500. The lowest BCUT2D eigenvalue weighted by Crippen LogP contribution is -2.37. The van der Waals surface area contributed by atoms with E-state index in [2.05, 4.69) is 0 Å². The molecule has 0 saturated carbocycles. The zero-order valence-corrected chi connectivity index (χ0v) is 14.0. The Kier molecular flexibility index (Phi) is 9.08. The molecule has 1 aromatic rings. The lowest BCUT2D eigenvalue weighted by Gasteiger charge is -2.33. The molecule has 0 bridgehead atoms. The van der Waals surface area contributed by atoms with Crippen LogP contribution in [-0.4, -0.2) is 44.1 Å². The molecule has 1 rings (SSSR count). The smallest absolute Gasteiger partial charge is 0.169 e. The molecule has 1 aromatic carbocycles. The second-order valence-electron chi connectivity index (χ2n) is 4.68. The van der Waals surface area contributed by atoms with Gasteiger partial charge in [-0.1, -0.05) is 12.1 Å². The highest BCUT2D eigenvalue weighted by atomic mass is 16.7. The van der Waals surface area contributed by atoms with E-state index in [0.717, 1.165) is 5.56 Å². The van der Waals surface area contributed by atoms with E-state index < -0.39 is 12.6 Å². The van der Waals surface area contributed by atoms with Crippen LogP contribution in [0.25, 0.3) is 0 Å². The quantitative estimate of drug-likeness (QED) is 0.636. The molecule has 1 N–H and O–H groups in total. The van der Waals surface area contributed by atoms with Crippen molar-refractivity contribution in [3.05, 3.63) is 29.8 Å². The van der Waals surface area contributed by atoms with Gasteiger partial charge in [0.2, 0.25) is 0 Å². The number of aromatic hydroxyl groups is 1. The molecule has 0 aliphatic carbocycles. The van der Waals surface area contributed by atoms with Gasteiger partial charge in [0.05, 0.1) is 5.92 Å². The molecule has 22 heavy (non-hydrogen) atoms. The van der Waals surface area contributed by atoms with Gasteiger partial charge in [-0.3, -0.25) is 0 Å². The topological polar surface area (TPSA) is 57.2 Å². The average molecular weight is 312 g/mol. The highest BCUT2D eigenvalue weighted by molar-refractivity contribution is 5.30. The van der Waals surface area contributed by atoms with E-state index in [0.29, 0.717) is 26.4 Å². The van der Waals surface area contributed by atoms with Crippen LogP contribution >= 0.6 is 0 Å².